The fourth-order valence-electron chi connectivity index (χ4n) is 5.39. The Labute approximate surface area is 195 Å². The van der Waals surface area contributed by atoms with Crippen LogP contribution in [0.5, 0.6) is 0 Å². The number of unbranched alkanes of at least 4 members (excludes halogenated alkanes) is 2. The van der Waals surface area contributed by atoms with Crippen LogP contribution in [0.2, 0.25) is 0 Å². The monoisotopic (exact) mass is 424 g/mol. The molecule has 0 bridgehead atoms. The Bertz CT molecular complexity index is 1000. The minimum Gasteiger partial charge on any atom is -0.0914 e. The third-order valence-corrected chi connectivity index (χ3v) is 7.46. The smallest absolute Gasteiger partial charge is 0.0178 e. The van der Waals surface area contributed by atoms with Gasteiger partial charge in [0.05, 0.1) is 0 Å². The van der Waals surface area contributed by atoms with Gasteiger partial charge in [-0.1, -0.05) is 86.5 Å². The fraction of sp³-hybridized carbons (Fsp3) is 0.438. The molecule has 0 atom stereocenters. The van der Waals surface area contributed by atoms with E-state index in [1.165, 1.54) is 97.2 Å². The third-order valence-electron chi connectivity index (χ3n) is 7.46. The van der Waals surface area contributed by atoms with Crippen LogP contribution in [0.1, 0.15) is 76.3 Å². The molecule has 0 saturated heterocycles. The molecule has 0 amide bonds. The van der Waals surface area contributed by atoms with Crippen molar-refractivity contribution in [3.8, 4) is 11.1 Å². The molecule has 32 heavy (non-hydrogen) atoms. The lowest BCUT2D eigenvalue weighted by Gasteiger charge is -2.26. The Morgan fingerprint density at radius 1 is 0.719 bits per heavy atom. The van der Waals surface area contributed by atoms with Gasteiger partial charge in [0.2, 0.25) is 0 Å². The van der Waals surface area contributed by atoms with E-state index in [0.717, 1.165) is 11.8 Å². The van der Waals surface area contributed by atoms with Gasteiger partial charge in [-0.25, -0.2) is 0 Å². The first kappa shape index (κ1) is 22.8. The Morgan fingerprint density at radius 2 is 1.41 bits per heavy atom. The van der Waals surface area contributed by atoms with E-state index >= 15 is 0 Å². The number of allylic oxidation sites excluding steroid dienone is 2. The van der Waals surface area contributed by atoms with Crippen LogP contribution in [-0.2, 0) is 12.8 Å². The molecule has 0 radical (unpaired) electrons. The SMILES string of the molecule is C/C=C/C1CCC(CCc2ccc(-c3ccc4cc(CCCCC)ccc4c3)cc2)CC1. The molecule has 0 nitrogen and oxygen atoms in total. The van der Waals surface area contributed by atoms with Crippen molar-refractivity contribution in [1.29, 1.82) is 0 Å². The lowest BCUT2D eigenvalue weighted by molar-refractivity contribution is 0.296. The molecule has 1 fully saturated rings. The summed E-state index contributed by atoms with van der Waals surface area (Å²) in [5, 5.41) is 2.71. The molecule has 4 rings (SSSR count). The normalized spacial score (nSPS) is 19.1. The van der Waals surface area contributed by atoms with Gasteiger partial charge in [0.15, 0.2) is 0 Å². The minimum absolute atomic E-state index is 0.838. The Hall–Kier alpha value is -2.34. The number of benzene rings is 3. The molecule has 3 aromatic carbocycles. The largest absolute Gasteiger partial charge is 0.0914 e. The zero-order valence-corrected chi connectivity index (χ0v) is 20.2. The molecule has 0 unspecified atom stereocenters. The molecule has 0 heterocycles. The number of hydrogen-bond donors (Lipinski definition) is 0. The summed E-state index contributed by atoms with van der Waals surface area (Å²) in [6, 6.07) is 23.3. The predicted molar refractivity (Wildman–Crippen MR) is 141 cm³/mol. The first-order valence-corrected chi connectivity index (χ1v) is 13.0. The van der Waals surface area contributed by atoms with Crippen LogP contribution in [0.4, 0.5) is 0 Å². The maximum Gasteiger partial charge on any atom is -0.0178 e. The van der Waals surface area contributed by atoms with Crippen LogP contribution < -0.4 is 0 Å². The molecule has 0 aromatic heterocycles. The van der Waals surface area contributed by atoms with Crippen LogP contribution in [0.15, 0.2) is 72.8 Å². The van der Waals surface area contributed by atoms with E-state index in [0.29, 0.717) is 0 Å². The lowest BCUT2D eigenvalue weighted by Crippen LogP contribution is -2.13. The number of rotatable bonds is 9. The maximum atomic E-state index is 2.41. The van der Waals surface area contributed by atoms with E-state index in [1.54, 1.807) is 0 Å². The molecule has 0 heteroatoms. The van der Waals surface area contributed by atoms with Gasteiger partial charge < -0.3 is 0 Å². The number of aryl methyl sites for hydroxylation is 2. The average molecular weight is 425 g/mol. The predicted octanol–water partition coefficient (Wildman–Crippen LogP) is 9.55. The number of hydrogen-bond acceptors (Lipinski definition) is 0. The summed E-state index contributed by atoms with van der Waals surface area (Å²) in [4.78, 5) is 0. The van der Waals surface area contributed by atoms with Crippen LogP contribution in [-0.4, -0.2) is 0 Å². The molecule has 3 aromatic rings. The summed E-state index contributed by atoms with van der Waals surface area (Å²) >= 11 is 0. The average Bonchev–Trinajstić information content (AvgIpc) is 2.84. The van der Waals surface area contributed by atoms with Crippen molar-refractivity contribution in [2.24, 2.45) is 11.8 Å². The fourth-order valence-corrected chi connectivity index (χ4v) is 5.39. The molecule has 1 aliphatic carbocycles. The molecule has 0 spiro atoms. The maximum absolute atomic E-state index is 2.41. The highest BCUT2D eigenvalue weighted by atomic mass is 14.2. The summed E-state index contributed by atoms with van der Waals surface area (Å²) in [5.41, 5.74) is 5.61. The standard InChI is InChI=1S/C32H40/c1-3-5-6-8-28-17-20-32-24-31(22-21-30(32)23-28)29-18-15-27(16-19-29)14-13-26-11-9-25(7-4-2)10-12-26/h4,7,15-26H,3,5-6,8-14H2,1-2H3/b7-4+. The molecular formula is C32H40. The van der Waals surface area contributed by atoms with Gasteiger partial charge >= 0.3 is 0 Å². The van der Waals surface area contributed by atoms with Gasteiger partial charge in [0, 0.05) is 0 Å². The first-order valence-electron chi connectivity index (χ1n) is 13.0. The summed E-state index contributed by atoms with van der Waals surface area (Å²) in [6.45, 7) is 4.42. The van der Waals surface area contributed by atoms with Gasteiger partial charge in [-0.3, -0.25) is 0 Å². The second-order valence-electron chi connectivity index (χ2n) is 9.90. The van der Waals surface area contributed by atoms with Crippen molar-refractivity contribution in [1.82, 2.24) is 0 Å². The van der Waals surface area contributed by atoms with E-state index in [1.807, 2.05) is 0 Å². The Balaban J connectivity index is 1.34. The van der Waals surface area contributed by atoms with Crippen LogP contribution in [0.25, 0.3) is 21.9 Å². The van der Waals surface area contributed by atoms with Crippen molar-refractivity contribution in [2.45, 2.75) is 78.1 Å². The summed E-state index contributed by atoms with van der Waals surface area (Å²) in [7, 11) is 0. The lowest BCUT2D eigenvalue weighted by atomic mass is 9.79. The number of fused-ring (bicyclic) bond motifs is 1. The van der Waals surface area contributed by atoms with Crippen LogP contribution in [0, 0.1) is 11.8 Å². The minimum atomic E-state index is 0.838. The van der Waals surface area contributed by atoms with Crippen LogP contribution >= 0.6 is 0 Å². The Kier molecular flexibility index (Phi) is 8.21. The van der Waals surface area contributed by atoms with E-state index in [2.05, 4.69) is 86.7 Å². The van der Waals surface area contributed by atoms with E-state index in [-0.39, 0.29) is 0 Å². The molecule has 0 N–H and O–H groups in total. The van der Waals surface area contributed by atoms with Gasteiger partial charge in [-0.05, 0) is 109 Å². The second-order valence-corrected chi connectivity index (χ2v) is 9.90. The first-order chi connectivity index (χ1) is 15.7. The summed E-state index contributed by atoms with van der Waals surface area (Å²) in [6.07, 6.45) is 17.9. The highest BCUT2D eigenvalue weighted by Crippen LogP contribution is 2.32. The molecule has 1 saturated carbocycles. The molecule has 1 aliphatic rings. The second kappa shape index (κ2) is 11.5. The molecule has 0 aliphatic heterocycles. The topological polar surface area (TPSA) is 0 Å². The van der Waals surface area contributed by atoms with Crippen molar-refractivity contribution < 1.29 is 0 Å². The van der Waals surface area contributed by atoms with E-state index < -0.39 is 0 Å². The zero-order chi connectivity index (χ0) is 22.2. The third kappa shape index (κ3) is 6.12. The van der Waals surface area contributed by atoms with Crippen molar-refractivity contribution in [3.63, 3.8) is 0 Å². The summed E-state index contributed by atoms with van der Waals surface area (Å²) in [5.74, 6) is 1.76. The van der Waals surface area contributed by atoms with Gasteiger partial charge in [-0.15, -0.1) is 0 Å². The Morgan fingerprint density at radius 3 is 2.16 bits per heavy atom. The van der Waals surface area contributed by atoms with Gasteiger partial charge in [0.1, 0.15) is 0 Å². The highest BCUT2D eigenvalue weighted by molar-refractivity contribution is 5.87. The quantitative estimate of drug-likeness (QED) is 0.237. The van der Waals surface area contributed by atoms with Gasteiger partial charge in [0.25, 0.3) is 0 Å². The van der Waals surface area contributed by atoms with Crippen LogP contribution in [0.3, 0.4) is 0 Å². The van der Waals surface area contributed by atoms with E-state index in [9.17, 15) is 0 Å². The zero-order valence-electron chi connectivity index (χ0n) is 20.2. The summed E-state index contributed by atoms with van der Waals surface area (Å²) < 4.78 is 0. The molecule has 168 valence electrons. The highest BCUT2D eigenvalue weighted by Gasteiger charge is 2.19. The van der Waals surface area contributed by atoms with Crippen molar-refractivity contribution >= 4 is 10.8 Å². The van der Waals surface area contributed by atoms with Gasteiger partial charge in [-0.2, -0.15) is 0 Å². The van der Waals surface area contributed by atoms with Crippen molar-refractivity contribution in [2.75, 3.05) is 0 Å². The van der Waals surface area contributed by atoms with E-state index in [4.69, 9.17) is 0 Å². The van der Waals surface area contributed by atoms with Crippen molar-refractivity contribution in [3.05, 3.63) is 83.9 Å². The molecular weight excluding hydrogens is 384 g/mol.